The van der Waals surface area contributed by atoms with Crippen LogP contribution in [0.2, 0.25) is 0 Å². The topological polar surface area (TPSA) is 113 Å². The number of nitrogens with one attached hydrogen (secondary N) is 1. The van der Waals surface area contributed by atoms with Gasteiger partial charge in [0, 0.05) is 6.04 Å². The van der Waals surface area contributed by atoms with E-state index >= 15 is 0 Å². The highest BCUT2D eigenvalue weighted by atomic mass is 16.4. The largest absolute Gasteiger partial charge is 0.480 e. The average molecular weight is 285 g/mol. The van der Waals surface area contributed by atoms with Gasteiger partial charge >= 0.3 is 12.0 Å². The van der Waals surface area contributed by atoms with Crippen LogP contribution in [0.25, 0.3) is 0 Å². The molecule has 0 aromatic heterocycles. The molecule has 0 aromatic rings. The number of hydrogen-bond donors (Lipinski definition) is 3. The van der Waals surface area contributed by atoms with Gasteiger partial charge in [0.25, 0.3) is 0 Å². The zero-order valence-electron chi connectivity index (χ0n) is 12.0. The van der Waals surface area contributed by atoms with Crippen molar-refractivity contribution in [3.05, 3.63) is 0 Å². The van der Waals surface area contributed by atoms with E-state index < -0.39 is 23.4 Å². The van der Waals surface area contributed by atoms with Crippen molar-refractivity contribution in [2.45, 2.75) is 57.5 Å². The van der Waals surface area contributed by atoms with Gasteiger partial charge in [0.1, 0.15) is 12.1 Å². The fourth-order valence-corrected chi connectivity index (χ4v) is 2.35. The van der Waals surface area contributed by atoms with Crippen molar-refractivity contribution in [2.24, 2.45) is 5.73 Å². The molecule has 1 saturated carbocycles. The molecule has 20 heavy (non-hydrogen) atoms. The van der Waals surface area contributed by atoms with Crippen LogP contribution in [0.3, 0.4) is 0 Å². The molecule has 0 spiro atoms. The van der Waals surface area contributed by atoms with Crippen LogP contribution in [0.4, 0.5) is 4.79 Å². The van der Waals surface area contributed by atoms with Crippen LogP contribution >= 0.6 is 0 Å². The van der Waals surface area contributed by atoms with Crippen molar-refractivity contribution in [3.8, 4) is 0 Å². The summed E-state index contributed by atoms with van der Waals surface area (Å²) in [5.74, 6) is -1.70. The minimum atomic E-state index is -1.34. The van der Waals surface area contributed by atoms with Gasteiger partial charge in [-0.05, 0) is 26.2 Å². The molecule has 114 valence electrons. The van der Waals surface area contributed by atoms with Crippen LogP contribution in [0, 0.1) is 0 Å². The lowest BCUT2D eigenvalue weighted by Gasteiger charge is -2.32. The third-order valence-corrected chi connectivity index (χ3v) is 3.91. The Kier molecular flexibility index (Phi) is 5.35. The SMILES string of the molecule is CCC(C)(NC(=O)N(CC(N)=O)C1CCCC1)C(=O)O. The van der Waals surface area contributed by atoms with E-state index in [0.29, 0.717) is 0 Å². The first-order valence-corrected chi connectivity index (χ1v) is 6.90. The Morgan fingerprint density at radius 2 is 1.90 bits per heavy atom. The standard InChI is InChI=1S/C13H23N3O4/c1-3-13(2,11(18)19)15-12(20)16(8-10(14)17)9-6-4-5-7-9/h9H,3-8H2,1-2H3,(H2,14,17)(H,15,20)(H,18,19). The molecular formula is C13H23N3O4. The van der Waals surface area contributed by atoms with E-state index in [4.69, 9.17) is 5.73 Å². The van der Waals surface area contributed by atoms with E-state index in [0.717, 1.165) is 25.7 Å². The predicted molar refractivity (Wildman–Crippen MR) is 73.0 cm³/mol. The van der Waals surface area contributed by atoms with Gasteiger partial charge in [-0.3, -0.25) is 4.79 Å². The number of nitrogens with zero attached hydrogens (tertiary/aromatic N) is 1. The maximum atomic E-state index is 12.3. The zero-order valence-corrected chi connectivity index (χ0v) is 12.0. The number of carboxylic acids is 1. The number of nitrogens with two attached hydrogens (primary N) is 1. The molecule has 7 heteroatoms. The number of carboxylic acid groups (broad SMARTS) is 1. The molecule has 1 atom stereocenters. The van der Waals surface area contributed by atoms with Crippen LogP contribution in [0.5, 0.6) is 0 Å². The quantitative estimate of drug-likeness (QED) is 0.666. The van der Waals surface area contributed by atoms with Gasteiger partial charge in [0.15, 0.2) is 0 Å². The predicted octanol–water partition coefficient (Wildman–Crippen LogP) is 0.679. The molecule has 3 amide bonds. The summed E-state index contributed by atoms with van der Waals surface area (Å²) in [5.41, 5.74) is 3.84. The van der Waals surface area contributed by atoms with Crippen molar-refractivity contribution in [3.63, 3.8) is 0 Å². The molecule has 1 rings (SSSR count). The first kappa shape index (κ1) is 16.3. The fraction of sp³-hybridized carbons (Fsp3) is 0.769. The molecule has 0 saturated heterocycles. The molecule has 0 radical (unpaired) electrons. The van der Waals surface area contributed by atoms with Gasteiger partial charge in [0.05, 0.1) is 0 Å². The molecule has 1 fully saturated rings. The number of rotatable bonds is 6. The minimum Gasteiger partial charge on any atom is -0.480 e. The molecule has 1 aliphatic carbocycles. The van der Waals surface area contributed by atoms with E-state index in [2.05, 4.69) is 5.32 Å². The first-order chi connectivity index (χ1) is 9.30. The summed E-state index contributed by atoms with van der Waals surface area (Å²) in [6, 6.07) is -0.583. The summed E-state index contributed by atoms with van der Waals surface area (Å²) >= 11 is 0. The van der Waals surface area contributed by atoms with Gasteiger partial charge in [-0.25, -0.2) is 9.59 Å². The Balaban J connectivity index is 2.82. The molecule has 4 N–H and O–H groups in total. The summed E-state index contributed by atoms with van der Waals surface area (Å²) in [4.78, 5) is 36.0. The highest BCUT2D eigenvalue weighted by molar-refractivity contribution is 5.88. The highest BCUT2D eigenvalue weighted by Gasteiger charge is 2.36. The molecule has 0 heterocycles. The maximum absolute atomic E-state index is 12.3. The monoisotopic (exact) mass is 285 g/mol. The average Bonchev–Trinajstić information content (AvgIpc) is 2.88. The highest BCUT2D eigenvalue weighted by Crippen LogP contribution is 2.24. The number of aliphatic carboxylic acids is 1. The Hall–Kier alpha value is -1.79. The Labute approximate surface area is 118 Å². The summed E-state index contributed by atoms with van der Waals surface area (Å²) in [5, 5.41) is 11.7. The summed E-state index contributed by atoms with van der Waals surface area (Å²) < 4.78 is 0. The van der Waals surface area contributed by atoms with Crippen LogP contribution < -0.4 is 11.1 Å². The molecule has 7 nitrogen and oxygen atoms in total. The normalized spacial score (nSPS) is 18.3. The van der Waals surface area contributed by atoms with Crippen molar-refractivity contribution >= 4 is 17.9 Å². The van der Waals surface area contributed by atoms with Gasteiger partial charge in [-0.15, -0.1) is 0 Å². The van der Waals surface area contributed by atoms with Crippen LogP contribution in [0.1, 0.15) is 46.0 Å². The zero-order chi connectivity index (χ0) is 15.3. The van der Waals surface area contributed by atoms with Crippen LogP contribution in [0.15, 0.2) is 0 Å². The second kappa shape index (κ2) is 6.58. The smallest absolute Gasteiger partial charge is 0.329 e. The van der Waals surface area contributed by atoms with Gasteiger partial charge in [-0.1, -0.05) is 19.8 Å². The van der Waals surface area contributed by atoms with Crippen molar-refractivity contribution in [1.29, 1.82) is 0 Å². The third kappa shape index (κ3) is 3.85. The fourth-order valence-electron chi connectivity index (χ4n) is 2.35. The van der Waals surface area contributed by atoms with Crippen molar-refractivity contribution < 1.29 is 19.5 Å². The van der Waals surface area contributed by atoms with Crippen LogP contribution in [-0.2, 0) is 9.59 Å². The van der Waals surface area contributed by atoms with Crippen LogP contribution in [-0.4, -0.2) is 46.0 Å². The van der Waals surface area contributed by atoms with E-state index in [1.807, 2.05) is 0 Å². The first-order valence-electron chi connectivity index (χ1n) is 6.90. The van der Waals surface area contributed by atoms with E-state index in [9.17, 15) is 19.5 Å². The molecule has 0 aliphatic heterocycles. The number of primary amides is 1. The number of hydrogen-bond acceptors (Lipinski definition) is 3. The maximum Gasteiger partial charge on any atom is 0.329 e. The Bertz CT molecular complexity index is 393. The molecule has 1 unspecified atom stereocenters. The molecule has 1 aliphatic rings. The molecular weight excluding hydrogens is 262 g/mol. The number of carbonyl (C=O) groups excluding carboxylic acids is 2. The van der Waals surface area contributed by atoms with E-state index in [-0.39, 0.29) is 19.0 Å². The van der Waals surface area contributed by atoms with E-state index in [1.54, 1.807) is 6.92 Å². The lowest BCUT2D eigenvalue weighted by atomic mass is 9.99. The number of carbonyl (C=O) groups is 3. The summed E-state index contributed by atoms with van der Waals surface area (Å²) in [6.07, 6.45) is 3.88. The molecule has 0 bridgehead atoms. The second-order valence-electron chi connectivity index (χ2n) is 5.45. The van der Waals surface area contributed by atoms with Gasteiger partial charge in [0.2, 0.25) is 5.91 Å². The summed E-state index contributed by atoms with van der Waals surface area (Å²) in [6.45, 7) is 2.95. The third-order valence-electron chi connectivity index (χ3n) is 3.91. The molecule has 0 aromatic carbocycles. The Morgan fingerprint density at radius 1 is 1.35 bits per heavy atom. The lowest BCUT2D eigenvalue weighted by Crippen LogP contribution is -2.58. The van der Waals surface area contributed by atoms with Crippen molar-refractivity contribution in [2.75, 3.05) is 6.54 Å². The minimum absolute atomic E-state index is 0.0441. The number of urea groups is 1. The lowest BCUT2D eigenvalue weighted by molar-refractivity contribution is -0.143. The number of amides is 3. The summed E-state index contributed by atoms with van der Waals surface area (Å²) in [7, 11) is 0. The van der Waals surface area contributed by atoms with E-state index in [1.165, 1.54) is 11.8 Å². The van der Waals surface area contributed by atoms with Crippen molar-refractivity contribution in [1.82, 2.24) is 10.2 Å². The van der Waals surface area contributed by atoms with Gasteiger partial charge < -0.3 is 21.1 Å². The van der Waals surface area contributed by atoms with Gasteiger partial charge in [-0.2, -0.15) is 0 Å². The second-order valence-corrected chi connectivity index (χ2v) is 5.45. The Morgan fingerprint density at radius 3 is 2.30 bits per heavy atom.